The first-order valence-electron chi connectivity index (χ1n) is 13.5. The highest BCUT2D eigenvalue weighted by molar-refractivity contribution is 6.08. The van der Waals surface area contributed by atoms with E-state index in [1.807, 2.05) is 0 Å². The zero-order chi connectivity index (χ0) is 32.2. The van der Waals surface area contributed by atoms with Gasteiger partial charge in [-0.1, -0.05) is 0 Å². The van der Waals surface area contributed by atoms with Gasteiger partial charge < -0.3 is 29.4 Å². The predicted molar refractivity (Wildman–Crippen MR) is 175 cm³/mol. The molecule has 0 spiro atoms. The third-order valence-corrected chi connectivity index (χ3v) is 7.19. The fourth-order valence-electron chi connectivity index (χ4n) is 5.03. The minimum absolute atomic E-state index is 0. The van der Waals surface area contributed by atoms with Crippen molar-refractivity contribution in [3.63, 3.8) is 0 Å². The predicted octanol–water partition coefficient (Wildman–Crippen LogP) is 5.96. The van der Waals surface area contributed by atoms with Crippen LogP contribution in [-0.4, -0.2) is 43.9 Å². The van der Waals surface area contributed by atoms with E-state index in [9.17, 15) is 19.7 Å². The van der Waals surface area contributed by atoms with Crippen molar-refractivity contribution in [3.8, 4) is 39.8 Å². The molecule has 5 aromatic rings. The summed E-state index contributed by atoms with van der Waals surface area (Å²) < 4.78 is 29.1. The molecule has 0 radical (unpaired) electrons. The van der Waals surface area contributed by atoms with Gasteiger partial charge in [0.15, 0.2) is 11.5 Å². The number of non-ortho nitro benzene ring substituents is 1. The van der Waals surface area contributed by atoms with E-state index in [0.29, 0.717) is 56.4 Å². The number of aromatic nitrogens is 1. The molecule has 0 saturated heterocycles. The summed E-state index contributed by atoms with van der Waals surface area (Å²) in [6.45, 7) is 0.0929. The summed E-state index contributed by atoms with van der Waals surface area (Å²) in [6.07, 6.45) is 0. The maximum Gasteiger partial charge on any atom is 0.355 e. The number of carbonyl (C=O) groups excluding carboxylic acids is 1. The number of anilines is 1. The highest BCUT2D eigenvalue weighted by Crippen LogP contribution is 2.44. The third-order valence-electron chi connectivity index (χ3n) is 7.19. The normalized spacial score (nSPS) is 10.5. The Labute approximate surface area is 269 Å². The van der Waals surface area contributed by atoms with Crippen LogP contribution in [0.1, 0.15) is 16.1 Å². The van der Waals surface area contributed by atoms with Crippen molar-refractivity contribution in [2.75, 3.05) is 34.2 Å². The van der Waals surface area contributed by atoms with E-state index < -0.39 is 16.5 Å². The molecule has 4 aromatic carbocycles. The minimum Gasteiger partial charge on any atom is -0.493 e. The van der Waals surface area contributed by atoms with E-state index in [0.717, 1.165) is 0 Å². The van der Waals surface area contributed by atoms with Crippen LogP contribution in [-0.2, 0) is 11.3 Å². The average molecular weight is 648 g/mol. The fourth-order valence-corrected chi connectivity index (χ4v) is 5.03. The number of nitrogens with zero attached hydrogens (tertiary/aromatic N) is 2. The third kappa shape index (κ3) is 6.24. The molecule has 0 fully saturated rings. The van der Waals surface area contributed by atoms with Crippen molar-refractivity contribution < 1.29 is 33.4 Å². The number of nitrogen functional groups attached to an aromatic ring is 1. The van der Waals surface area contributed by atoms with Crippen LogP contribution < -0.4 is 30.2 Å². The van der Waals surface area contributed by atoms with Crippen molar-refractivity contribution in [1.29, 1.82) is 0 Å². The molecule has 1 heterocycles. The molecule has 0 aliphatic heterocycles. The van der Waals surface area contributed by atoms with Crippen LogP contribution in [0.15, 0.2) is 83.7 Å². The Hall–Kier alpha value is -5.75. The number of nitrogens with two attached hydrogens (primary N) is 1. The summed E-state index contributed by atoms with van der Waals surface area (Å²) >= 11 is 0. The number of halogens is 1. The van der Waals surface area contributed by atoms with Crippen LogP contribution >= 0.6 is 12.4 Å². The van der Waals surface area contributed by atoms with Crippen LogP contribution in [0.5, 0.6) is 23.0 Å². The zero-order valence-corrected chi connectivity index (χ0v) is 26.1. The second kappa shape index (κ2) is 13.9. The Morgan fingerprint density at radius 2 is 1.48 bits per heavy atom. The second-order valence-electron chi connectivity index (χ2n) is 9.78. The molecule has 0 aliphatic carbocycles. The van der Waals surface area contributed by atoms with E-state index in [2.05, 4.69) is 0 Å². The minimum atomic E-state index is -0.756. The van der Waals surface area contributed by atoms with Gasteiger partial charge in [0.05, 0.1) is 38.7 Å². The van der Waals surface area contributed by atoms with Gasteiger partial charge in [0.2, 0.25) is 5.75 Å². The first-order valence-corrected chi connectivity index (χ1v) is 13.5. The molecular formula is C33H30ClN3O9. The number of esters is 1. The number of hydrogen-bond donors (Lipinski definition) is 1. The topological polar surface area (TPSA) is 154 Å². The molecule has 0 unspecified atom stereocenters. The molecule has 5 rings (SSSR count). The number of pyridine rings is 1. The lowest BCUT2D eigenvalue weighted by atomic mass is 9.95. The number of nitro groups is 1. The maximum atomic E-state index is 14.2. The largest absolute Gasteiger partial charge is 0.493 e. The number of fused-ring (bicyclic) bond motifs is 1. The maximum absolute atomic E-state index is 14.2. The quantitative estimate of drug-likeness (QED) is 0.0831. The van der Waals surface area contributed by atoms with Crippen LogP contribution in [0.25, 0.3) is 27.6 Å². The average Bonchev–Trinajstić information content (AvgIpc) is 3.06. The smallest absolute Gasteiger partial charge is 0.355 e. The van der Waals surface area contributed by atoms with Gasteiger partial charge in [-0.15, -0.1) is 12.4 Å². The highest BCUT2D eigenvalue weighted by Gasteiger charge is 2.27. The number of nitro benzene ring substituents is 1. The summed E-state index contributed by atoms with van der Waals surface area (Å²) in [5.41, 5.74) is 7.75. The van der Waals surface area contributed by atoms with E-state index in [4.69, 9.17) is 29.4 Å². The lowest BCUT2D eigenvalue weighted by molar-refractivity contribution is -0.384. The van der Waals surface area contributed by atoms with Crippen LogP contribution in [0.2, 0.25) is 0 Å². The lowest BCUT2D eigenvalue weighted by Crippen LogP contribution is -2.27. The van der Waals surface area contributed by atoms with Gasteiger partial charge in [0, 0.05) is 29.1 Å². The van der Waals surface area contributed by atoms with Crippen molar-refractivity contribution >= 4 is 40.5 Å². The summed E-state index contributed by atoms with van der Waals surface area (Å²) in [4.78, 5) is 38.3. The highest BCUT2D eigenvalue weighted by atomic mass is 35.5. The fraction of sp³-hybridized carbons (Fsp3) is 0.152. The van der Waals surface area contributed by atoms with Crippen molar-refractivity contribution in [3.05, 3.63) is 111 Å². The lowest BCUT2D eigenvalue weighted by Gasteiger charge is -2.21. The Balaban J connectivity index is 0.00000480. The van der Waals surface area contributed by atoms with E-state index >= 15 is 0 Å². The summed E-state index contributed by atoms with van der Waals surface area (Å²) in [5.74, 6) is 0.631. The number of methoxy groups -OCH3 is 4. The molecule has 12 nitrogen and oxygen atoms in total. The van der Waals surface area contributed by atoms with Crippen molar-refractivity contribution in [2.45, 2.75) is 6.61 Å². The summed E-state index contributed by atoms with van der Waals surface area (Å²) in [7, 11) is 5.67. The molecule has 0 atom stereocenters. The Morgan fingerprint density at radius 3 is 2.02 bits per heavy atom. The second-order valence-corrected chi connectivity index (χ2v) is 9.78. The molecule has 0 saturated carbocycles. The molecule has 2 N–H and O–H groups in total. The van der Waals surface area contributed by atoms with Gasteiger partial charge in [-0.25, -0.2) is 4.79 Å². The Morgan fingerprint density at radius 1 is 0.848 bits per heavy atom. The van der Waals surface area contributed by atoms with E-state index in [-0.39, 0.29) is 35.8 Å². The molecule has 1 aromatic heterocycles. The number of hydrogen-bond acceptors (Lipinski definition) is 10. The van der Waals surface area contributed by atoms with E-state index in [1.54, 1.807) is 66.7 Å². The monoisotopic (exact) mass is 647 g/mol. The number of ether oxygens (including phenoxy) is 5. The van der Waals surface area contributed by atoms with Crippen molar-refractivity contribution in [2.24, 2.45) is 0 Å². The van der Waals surface area contributed by atoms with Gasteiger partial charge in [0.25, 0.3) is 11.2 Å². The molecular weight excluding hydrogens is 618 g/mol. The molecule has 46 heavy (non-hydrogen) atoms. The number of benzene rings is 4. The zero-order valence-electron chi connectivity index (χ0n) is 25.3. The van der Waals surface area contributed by atoms with Gasteiger partial charge in [-0.3, -0.25) is 19.5 Å². The molecule has 0 aliphatic rings. The van der Waals surface area contributed by atoms with Gasteiger partial charge in [-0.2, -0.15) is 0 Å². The standard InChI is InChI=1S/C33H29N3O9.ClH/c1-41-27-15-20(16-28(42-2)31(27)43-3)29-25-14-13-24(45-18-19-5-9-23(10-6-19)36(39)40)17-26(25)32(37)35(30(29)33(38)44-4)22-11-7-21(34)8-12-22;/h5-17H,18,34H2,1-4H3;1H. The number of rotatable bonds is 10. The van der Waals surface area contributed by atoms with Crippen LogP contribution in [0, 0.1) is 10.1 Å². The molecule has 13 heteroatoms. The Kier molecular flexibility index (Phi) is 10.0. The molecule has 0 bridgehead atoms. The SMILES string of the molecule is COC(=O)c1c(-c2cc(OC)c(OC)c(OC)c2)c2ccc(OCc3ccc([N+](=O)[O-])cc3)cc2c(=O)n1-c1ccc(N)cc1.Cl. The molecule has 238 valence electrons. The molecule has 0 amide bonds. The first-order chi connectivity index (χ1) is 21.7. The number of carbonyl (C=O) groups is 1. The van der Waals surface area contributed by atoms with E-state index in [1.165, 1.54) is 45.1 Å². The van der Waals surface area contributed by atoms with Crippen LogP contribution in [0.4, 0.5) is 11.4 Å². The first kappa shape index (κ1) is 33.1. The van der Waals surface area contributed by atoms with Gasteiger partial charge >= 0.3 is 5.97 Å². The van der Waals surface area contributed by atoms with Crippen LogP contribution in [0.3, 0.4) is 0 Å². The van der Waals surface area contributed by atoms with Gasteiger partial charge in [0.1, 0.15) is 18.1 Å². The van der Waals surface area contributed by atoms with Crippen molar-refractivity contribution in [1.82, 2.24) is 4.57 Å². The summed E-state index contributed by atoms with van der Waals surface area (Å²) in [5, 5.41) is 11.7. The van der Waals surface area contributed by atoms with Gasteiger partial charge in [-0.05, 0) is 83.2 Å². The Bertz CT molecular complexity index is 1950. The summed E-state index contributed by atoms with van der Waals surface area (Å²) in [6, 6.07) is 20.8.